The Morgan fingerprint density at radius 2 is 1.96 bits per heavy atom. The van der Waals surface area contributed by atoms with Gasteiger partial charge in [0.25, 0.3) is 0 Å². The zero-order valence-corrected chi connectivity index (χ0v) is 13.7. The van der Waals surface area contributed by atoms with E-state index >= 15 is 0 Å². The number of aryl methyl sites for hydroxylation is 1. The molecule has 4 rings (SSSR count). The number of hydrogen-bond acceptors (Lipinski definition) is 3. The molecule has 0 radical (unpaired) electrons. The number of aromatic nitrogens is 3. The normalized spacial score (nSPS) is 16.2. The molecule has 0 bridgehead atoms. The van der Waals surface area contributed by atoms with Crippen molar-refractivity contribution < 1.29 is 9.13 Å². The fraction of sp³-hybridized carbons (Fsp3) is 0.263. The average Bonchev–Trinajstić information content (AvgIpc) is 3.17. The number of pyridine rings is 1. The molecule has 0 spiro atoms. The van der Waals surface area contributed by atoms with Gasteiger partial charge in [0.1, 0.15) is 11.6 Å². The number of nitrogens with zero attached hydrogens (tertiary/aromatic N) is 3. The van der Waals surface area contributed by atoms with Crippen molar-refractivity contribution in [1.29, 1.82) is 0 Å². The van der Waals surface area contributed by atoms with Crippen molar-refractivity contribution in [2.45, 2.75) is 25.8 Å². The predicted molar refractivity (Wildman–Crippen MR) is 89.6 cm³/mol. The first-order valence-corrected chi connectivity index (χ1v) is 7.97. The van der Waals surface area contributed by atoms with Crippen molar-refractivity contribution in [1.82, 2.24) is 14.8 Å². The van der Waals surface area contributed by atoms with Gasteiger partial charge < -0.3 is 4.74 Å². The summed E-state index contributed by atoms with van der Waals surface area (Å²) in [6.07, 6.45) is 4.70. The highest BCUT2D eigenvalue weighted by atomic mass is 19.1. The molecule has 2 heterocycles. The van der Waals surface area contributed by atoms with Crippen LogP contribution in [0.4, 0.5) is 4.39 Å². The van der Waals surface area contributed by atoms with Crippen LogP contribution in [-0.2, 0) is 12.8 Å². The summed E-state index contributed by atoms with van der Waals surface area (Å²) in [6, 6.07) is 9.92. The van der Waals surface area contributed by atoms with E-state index in [9.17, 15) is 4.39 Å². The van der Waals surface area contributed by atoms with Crippen LogP contribution in [-0.4, -0.2) is 21.9 Å². The molecule has 4 nitrogen and oxygen atoms in total. The first-order chi connectivity index (χ1) is 11.6. The first-order valence-electron chi connectivity index (χ1n) is 7.97. The lowest BCUT2D eigenvalue weighted by atomic mass is 10.1. The van der Waals surface area contributed by atoms with Crippen LogP contribution in [0, 0.1) is 12.7 Å². The molecular weight excluding hydrogens is 305 g/mol. The first kappa shape index (κ1) is 14.9. The number of ether oxygens (including phenoxy) is 1. The minimum Gasteiger partial charge on any atom is -0.497 e. The van der Waals surface area contributed by atoms with E-state index in [0.717, 1.165) is 35.5 Å². The van der Waals surface area contributed by atoms with Crippen molar-refractivity contribution >= 4 is 0 Å². The molecule has 0 aliphatic heterocycles. The van der Waals surface area contributed by atoms with Gasteiger partial charge in [-0.25, -0.2) is 4.39 Å². The third-order valence-electron chi connectivity index (χ3n) is 4.53. The molecular formula is C19H18FN3O. The number of rotatable bonds is 3. The minimum absolute atomic E-state index is 0.221. The van der Waals surface area contributed by atoms with Gasteiger partial charge in [-0.05, 0) is 55.2 Å². The zero-order valence-electron chi connectivity index (χ0n) is 13.7. The molecule has 1 aliphatic carbocycles. The van der Waals surface area contributed by atoms with E-state index in [1.165, 1.54) is 23.4 Å². The number of hydrogen-bond donors (Lipinski definition) is 0. The van der Waals surface area contributed by atoms with Gasteiger partial charge in [-0.3, -0.25) is 9.67 Å². The maximum absolute atomic E-state index is 13.6. The molecule has 0 saturated carbocycles. The Hall–Kier alpha value is -2.69. The summed E-state index contributed by atoms with van der Waals surface area (Å²) >= 11 is 0. The van der Waals surface area contributed by atoms with Crippen LogP contribution in [0.15, 0.2) is 42.7 Å². The molecule has 0 fully saturated rings. The van der Waals surface area contributed by atoms with Gasteiger partial charge in [-0.15, -0.1) is 0 Å². The molecule has 24 heavy (non-hydrogen) atoms. The maximum atomic E-state index is 13.6. The Morgan fingerprint density at radius 1 is 1.12 bits per heavy atom. The van der Waals surface area contributed by atoms with Gasteiger partial charge in [0.15, 0.2) is 0 Å². The van der Waals surface area contributed by atoms with Crippen LogP contribution in [0.3, 0.4) is 0 Å². The largest absolute Gasteiger partial charge is 0.497 e. The Bertz CT molecular complexity index is 903. The summed E-state index contributed by atoms with van der Waals surface area (Å²) in [7, 11) is 1.68. The number of halogens is 1. The van der Waals surface area contributed by atoms with E-state index in [-0.39, 0.29) is 11.9 Å². The molecule has 122 valence electrons. The third kappa shape index (κ3) is 2.56. The predicted octanol–water partition coefficient (Wildman–Crippen LogP) is 3.74. The molecule has 3 aromatic rings. The monoisotopic (exact) mass is 323 g/mol. The Balaban J connectivity index is 1.71. The fourth-order valence-corrected chi connectivity index (χ4v) is 3.43. The van der Waals surface area contributed by atoms with Gasteiger partial charge >= 0.3 is 0 Å². The minimum atomic E-state index is -0.336. The van der Waals surface area contributed by atoms with Crippen molar-refractivity contribution in [3.05, 3.63) is 65.4 Å². The summed E-state index contributed by atoms with van der Waals surface area (Å²) in [5.41, 5.74) is 5.18. The second-order valence-electron chi connectivity index (χ2n) is 6.20. The quantitative estimate of drug-likeness (QED) is 0.737. The highest BCUT2D eigenvalue weighted by Crippen LogP contribution is 2.35. The van der Waals surface area contributed by atoms with Crippen molar-refractivity contribution in [2.24, 2.45) is 0 Å². The highest BCUT2D eigenvalue weighted by Gasteiger charge is 2.26. The Kier molecular flexibility index (Phi) is 3.56. The van der Waals surface area contributed by atoms with Crippen molar-refractivity contribution in [3.8, 4) is 17.0 Å². The van der Waals surface area contributed by atoms with Crippen LogP contribution >= 0.6 is 0 Å². The number of methoxy groups -OCH3 is 1. The van der Waals surface area contributed by atoms with Crippen LogP contribution in [0.5, 0.6) is 5.75 Å². The standard InChI is InChI=1S/C19H18FN3O/c1-12-5-19(15-6-16(20)11-21-10-15)23(22-12)17-7-13-3-4-18(24-2)9-14(13)8-17/h3-6,9-11,17H,7-8H2,1-2H3/t17-/m0/s1. The van der Waals surface area contributed by atoms with Gasteiger partial charge in [-0.2, -0.15) is 5.10 Å². The van der Waals surface area contributed by atoms with Gasteiger partial charge in [0, 0.05) is 11.8 Å². The summed E-state index contributed by atoms with van der Waals surface area (Å²) in [4.78, 5) is 3.97. The Labute approximate surface area is 139 Å². The van der Waals surface area contributed by atoms with Crippen LogP contribution in [0.2, 0.25) is 0 Å². The molecule has 0 saturated heterocycles. The van der Waals surface area contributed by atoms with Crippen LogP contribution in [0.1, 0.15) is 22.9 Å². The van der Waals surface area contributed by atoms with E-state index in [1.807, 2.05) is 23.7 Å². The summed E-state index contributed by atoms with van der Waals surface area (Å²) in [5, 5.41) is 4.66. The molecule has 0 N–H and O–H groups in total. The molecule has 1 atom stereocenters. The van der Waals surface area contributed by atoms with Gasteiger partial charge in [-0.1, -0.05) is 6.07 Å². The van der Waals surface area contributed by atoms with E-state index in [2.05, 4.69) is 22.2 Å². The molecule has 1 aromatic carbocycles. The zero-order chi connectivity index (χ0) is 16.7. The number of fused-ring (bicyclic) bond motifs is 1. The lowest BCUT2D eigenvalue weighted by Crippen LogP contribution is -2.12. The smallest absolute Gasteiger partial charge is 0.142 e. The lowest BCUT2D eigenvalue weighted by Gasteiger charge is -2.14. The van der Waals surface area contributed by atoms with Crippen LogP contribution in [0.25, 0.3) is 11.3 Å². The average molecular weight is 323 g/mol. The Morgan fingerprint density at radius 3 is 2.75 bits per heavy atom. The SMILES string of the molecule is COc1ccc2c(c1)C[C@@H](n1nc(C)cc1-c1cncc(F)c1)C2. The van der Waals surface area contributed by atoms with E-state index in [1.54, 1.807) is 13.3 Å². The van der Waals surface area contributed by atoms with E-state index in [0.29, 0.717) is 0 Å². The summed E-state index contributed by atoms with van der Waals surface area (Å²) in [5.74, 6) is 0.540. The second-order valence-corrected chi connectivity index (χ2v) is 6.20. The summed E-state index contributed by atoms with van der Waals surface area (Å²) in [6.45, 7) is 1.96. The molecule has 0 amide bonds. The van der Waals surface area contributed by atoms with E-state index in [4.69, 9.17) is 4.74 Å². The number of benzene rings is 1. The summed E-state index contributed by atoms with van der Waals surface area (Å²) < 4.78 is 20.9. The van der Waals surface area contributed by atoms with Gasteiger partial charge in [0.2, 0.25) is 0 Å². The molecule has 5 heteroatoms. The van der Waals surface area contributed by atoms with Crippen LogP contribution < -0.4 is 4.74 Å². The van der Waals surface area contributed by atoms with Crippen molar-refractivity contribution in [2.75, 3.05) is 7.11 Å². The van der Waals surface area contributed by atoms with E-state index < -0.39 is 0 Å². The van der Waals surface area contributed by atoms with Crippen molar-refractivity contribution in [3.63, 3.8) is 0 Å². The molecule has 2 aromatic heterocycles. The molecule has 1 aliphatic rings. The highest BCUT2D eigenvalue weighted by molar-refractivity contribution is 5.59. The fourth-order valence-electron chi connectivity index (χ4n) is 3.43. The topological polar surface area (TPSA) is 39.9 Å². The third-order valence-corrected chi connectivity index (χ3v) is 4.53. The second kappa shape index (κ2) is 5.74. The maximum Gasteiger partial charge on any atom is 0.142 e. The lowest BCUT2D eigenvalue weighted by molar-refractivity contribution is 0.414. The van der Waals surface area contributed by atoms with Gasteiger partial charge in [0.05, 0.1) is 30.7 Å². The molecule has 0 unspecified atom stereocenters.